The number of hydrogen-bond donors (Lipinski definition) is 1. The number of carbonyl (C=O) groups excluding carboxylic acids is 1. The van der Waals surface area contributed by atoms with Crippen molar-refractivity contribution in [2.45, 2.75) is 6.92 Å². The highest BCUT2D eigenvalue weighted by atomic mass is 35.5. The van der Waals surface area contributed by atoms with Crippen LogP contribution in [0.15, 0.2) is 42.5 Å². The minimum Gasteiger partial charge on any atom is -0.439 e. The molecule has 0 saturated heterocycles. The van der Waals surface area contributed by atoms with E-state index in [2.05, 4.69) is 10.3 Å². The highest BCUT2D eigenvalue weighted by Gasteiger charge is 2.06. The molecule has 1 N–H and O–H groups in total. The number of carbonyl (C=O) groups is 1. The van der Waals surface area contributed by atoms with Gasteiger partial charge < -0.3 is 10.1 Å². The van der Waals surface area contributed by atoms with Gasteiger partial charge in [0.2, 0.25) is 5.88 Å². The molecule has 0 atom stereocenters. The average molecular weight is 277 g/mol. The van der Waals surface area contributed by atoms with E-state index in [9.17, 15) is 4.79 Å². The first-order chi connectivity index (χ1) is 9.19. The molecule has 0 spiro atoms. The zero-order valence-corrected chi connectivity index (χ0v) is 11.1. The monoisotopic (exact) mass is 276 g/mol. The van der Waals surface area contributed by atoms with E-state index in [4.69, 9.17) is 16.3 Å². The SMILES string of the molecule is CCNC(=O)c1cccc(Oc2cccc(Cl)n2)c1. The number of hydrogen-bond acceptors (Lipinski definition) is 3. The molecule has 4 nitrogen and oxygen atoms in total. The van der Waals surface area contributed by atoms with Gasteiger partial charge >= 0.3 is 0 Å². The van der Waals surface area contributed by atoms with Gasteiger partial charge in [-0.1, -0.05) is 23.7 Å². The van der Waals surface area contributed by atoms with Gasteiger partial charge in [-0.2, -0.15) is 0 Å². The summed E-state index contributed by atoms with van der Waals surface area (Å²) in [4.78, 5) is 15.7. The Balaban J connectivity index is 2.17. The second-order valence-electron chi connectivity index (χ2n) is 3.79. The predicted molar refractivity (Wildman–Crippen MR) is 73.8 cm³/mol. The van der Waals surface area contributed by atoms with Crippen LogP contribution < -0.4 is 10.1 Å². The Kier molecular flexibility index (Phi) is 4.36. The minimum atomic E-state index is -0.132. The number of nitrogens with one attached hydrogen (secondary N) is 1. The number of nitrogens with zero attached hydrogens (tertiary/aromatic N) is 1. The van der Waals surface area contributed by atoms with Crippen molar-refractivity contribution in [1.29, 1.82) is 0 Å². The van der Waals surface area contributed by atoms with Crippen molar-refractivity contribution in [2.24, 2.45) is 0 Å². The van der Waals surface area contributed by atoms with Crippen molar-refractivity contribution in [1.82, 2.24) is 10.3 Å². The summed E-state index contributed by atoms with van der Waals surface area (Å²) in [5.74, 6) is 0.797. The summed E-state index contributed by atoms with van der Waals surface area (Å²) in [6.45, 7) is 2.45. The zero-order chi connectivity index (χ0) is 13.7. The van der Waals surface area contributed by atoms with E-state index in [1.54, 1.807) is 42.5 Å². The van der Waals surface area contributed by atoms with E-state index in [1.807, 2.05) is 6.92 Å². The summed E-state index contributed by atoms with van der Waals surface area (Å²) in [5, 5.41) is 3.09. The van der Waals surface area contributed by atoms with Gasteiger partial charge in [0.15, 0.2) is 0 Å². The van der Waals surface area contributed by atoms with E-state index in [0.717, 1.165) is 0 Å². The fraction of sp³-hybridized carbons (Fsp3) is 0.143. The van der Waals surface area contributed by atoms with Crippen molar-refractivity contribution < 1.29 is 9.53 Å². The lowest BCUT2D eigenvalue weighted by Gasteiger charge is -2.07. The fourth-order valence-electron chi connectivity index (χ4n) is 1.53. The highest BCUT2D eigenvalue weighted by Crippen LogP contribution is 2.21. The number of pyridine rings is 1. The van der Waals surface area contributed by atoms with Crippen LogP contribution in [0.1, 0.15) is 17.3 Å². The van der Waals surface area contributed by atoms with Crippen LogP contribution in [0.3, 0.4) is 0 Å². The average Bonchev–Trinajstić information content (AvgIpc) is 2.39. The molecule has 0 aliphatic rings. The van der Waals surface area contributed by atoms with E-state index >= 15 is 0 Å². The Morgan fingerprint density at radius 2 is 2.11 bits per heavy atom. The molecule has 0 fully saturated rings. The van der Waals surface area contributed by atoms with Crippen LogP contribution in [0.2, 0.25) is 5.15 Å². The number of rotatable bonds is 4. The van der Waals surface area contributed by atoms with Crippen LogP contribution >= 0.6 is 11.6 Å². The number of halogens is 1. The molecule has 1 aromatic heterocycles. The molecule has 0 unspecified atom stereocenters. The Morgan fingerprint density at radius 3 is 2.84 bits per heavy atom. The molecule has 0 saturated carbocycles. The Hall–Kier alpha value is -2.07. The van der Waals surface area contributed by atoms with Crippen LogP contribution in [0.5, 0.6) is 11.6 Å². The Labute approximate surface area is 116 Å². The van der Waals surface area contributed by atoms with E-state index in [-0.39, 0.29) is 5.91 Å². The van der Waals surface area contributed by atoms with Gasteiger partial charge in [0.25, 0.3) is 5.91 Å². The fourth-order valence-corrected chi connectivity index (χ4v) is 1.69. The molecule has 0 aliphatic carbocycles. The van der Waals surface area contributed by atoms with Gasteiger partial charge in [-0.15, -0.1) is 0 Å². The summed E-state index contributed by atoms with van der Waals surface area (Å²) in [7, 11) is 0. The maximum absolute atomic E-state index is 11.7. The maximum Gasteiger partial charge on any atom is 0.251 e. The molecule has 1 aromatic carbocycles. The molecule has 0 bridgehead atoms. The first kappa shape index (κ1) is 13.4. The number of aromatic nitrogens is 1. The van der Waals surface area contributed by atoms with Crippen molar-refractivity contribution >= 4 is 17.5 Å². The van der Waals surface area contributed by atoms with Crippen molar-refractivity contribution in [3.05, 3.63) is 53.2 Å². The molecular weight excluding hydrogens is 264 g/mol. The van der Waals surface area contributed by atoms with Crippen LogP contribution in [-0.2, 0) is 0 Å². The zero-order valence-electron chi connectivity index (χ0n) is 10.4. The van der Waals surface area contributed by atoms with Crippen molar-refractivity contribution in [3.63, 3.8) is 0 Å². The summed E-state index contributed by atoms with van der Waals surface area (Å²) < 4.78 is 5.55. The van der Waals surface area contributed by atoms with E-state index < -0.39 is 0 Å². The first-order valence-electron chi connectivity index (χ1n) is 5.87. The Bertz CT molecular complexity index is 587. The minimum absolute atomic E-state index is 0.132. The van der Waals surface area contributed by atoms with Crippen LogP contribution in [0.4, 0.5) is 0 Å². The van der Waals surface area contributed by atoms with Crippen LogP contribution in [-0.4, -0.2) is 17.4 Å². The summed E-state index contributed by atoms with van der Waals surface area (Å²) in [6, 6.07) is 12.0. The molecular formula is C14H13ClN2O2. The molecule has 1 amide bonds. The molecule has 98 valence electrons. The van der Waals surface area contributed by atoms with Gasteiger partial charge in [-0.25, -0.2) is 4.98 Å². The summed E-state index contributed by atoms with van der Waals surface area (Å²) in [6.07, 6.45) is 0. The van der Waals surface area contributed by atoms with Crippen molar-refractivity contribution in [2.75, 3.05) is 6.54 Å². The number of amides is 1. The molecule has 2 rings (SSSR count). The van der Waals surface area contributed by atoms with Gasteiger partial charge in [0, 0.05) is 18.2 Å². The molecule has 2 aromatic rings. The predicted octanol–water partition coefficient (Wildman–Crippen LogP) is 3.28. The van der Waals surface area contributed by atoms with Crippen molar-refractivity contribution in [3.8, 4) is 11.6 Å². The van der Waals surface area contributed by atoms with Gasteiger partial charge in [0.05, 0.1) is 0 Å². The topological polar surface area (TPSA) is 51.2 Å². The lowest BCUT2D eigenvalue weighted by Crippen LogP contribution is -2.22. The van der Waals surface area contributed by atoms with Crippen LogP contribution in [0.25, 0.3) is 0 Å². The van der Waals surface area contributed by atoms with Crippen LogP contribution in [0, 0.1) is 0 Å². The second kappa shape index (κ2) is 6.20. The van der Waals surface area contributed by atoms with Gasteiger partial charge in [0.1, 0.15) is 10.9 Å². The number of ether oxygens (including phenoxy) is 1. The lowest BCUT2D eigenvalue weighted by atomic mass is 10.2. The first-order valence-corrected chi connectivity index (χ1v) is 6.25. The van der Waals surface area contributed by atoms with E-state index in [1.165, 1.54) is 0 Å². The van der Waals surface area contributed by atoms with Gasteiger partial charge in [-0.05, 0) is 31.2 Å². The smallest absolute Gasteiger partial charge is 0.251 e. The second-order valence-corrected chi connectivity index (χ2v) is 4.18. The normalized spacial score (nSPS) is 10.0. The summed E-state index contributed by atoms with van der Waals surface area (Å²) in [5.41, 5.74) is 0.543. The molecule has 19 heavy (non-hydrogen) atoms. The third kappa shape index (κ3) is 3.69. The number of benzene rings is 1. The highest BCUT2D eigenvalue weighted by molar-refractivity contribution is 6.29. The van der Waals surface area contributed by atoms with Gasteiger partial charge in [-0.3, -0.25) is 4.79 Å². The standard InChI is InChI=1S/C14H13ClN2O2/c1-2-16-14(18)10-5-3-6-11(9-10)19-13-8-4-7-12(15)17-13/h3-9H,2H2,1H3,(H,16,18). The molecule has 0 aliphatic heterocycles. The quantitative estimate of drug-likeness (QED) is 0.872. The molecule has 0 radical (unpaired) electrons. The third-order valence-corrected chi connectivity index (χ3v) is 2.56. The Morgan fingerprint density at radius 1 is 1.32 bits per heavy atom. The lowest BCUT2D eigenvalue weighted by molar-refractivity contribution is 0.0955. The van der Waals surface area contributed by atoms with E-state index in [0.29, 0.717) is 28.9 Å². The maximum atomic E-state index is 11.7. The molecule has 1 heterocycles. The third-order valence-electron chi connectivity index (χ3n) is 2.35. The largest absolute Gasteiger partial charge is 0.439 e. The molecule has 5 heteroatoms. The summed E-state index contributed by atoms with van der Waals surface area (Å²) >= 11 is 5.78.